The van der Waals surface area contributed by atoms with Gasteiger partial charge in [-0.25, -0.2) is 15.0 Å². The molecule has 2 N–H and O–H groups in total. The molecule has 0 amide bonds. The standard InChI is InChI=1S/C14H19ClN4/c1-2-3-4-5-6-7-10-13-11(18-14(16)17-10)8-9-12(15)19-13/h8-9H,2-7H2,1H3,(H2,16,17,18). The minimum absolute atomic E-state index is 0.306. The highest BCUT2D eigenvalue weighted by Gasteiger charge is 2.08. The molecule has 0 fully saturated rings. The van der Waals surface area contributed by atoms with Crippen LogP contribution >= 0.6 is 11.6 Å². The van der Waals surface area contributed by atoms with Gasteiger partial charge in [0.2, 0.25) is 5.95 Å². The van der Waals surface area contributed by atoms with Gasteiger partial charge in [-0.1, -0.05) is 44.2 Å². The van der Waals surface area contributed by atoms with E-state index < -0.39 is 0 Å². The fraction of sp³-hybridized carbons (Fsp3) is 0.500. The summed E-state index contributed by atoms with van der Waals surface area (Å²) in [7, 11) is 0. The van der Waals surface area contributed by atoms with Crippen molar-refractivity contribution >= 4 is 28.6 Å². The maximum Gasteiger partial charge on any atom is 0.220 e. The third-order valence-corrected chi connectivity index (χ3v) is 3.33. The Bertz CT molecular complexity index is 556. The molecular formula is C14H19ClN4. The lowest BCUT2D eigenvalue weighted by Crippen LogP contribution is -2.02. The van der Waals surface area contributed by atoms with Crippen LogP contribution in [0.2, 0.25) is 5.15 Å². The van der Waals surface area contributed by atoms with Crippen LogP contribution in [0.15, 0.2) is 12.1 Å². The number of nitrogen functional groups attached to an aromatic ring is 1. The van der Waals surface area contributed by atoms with Gasteiger partial charge in [0.05, 0.1) is 11.2 Å². The number of nitrogens with zero attached hydrogens (tertiary/aromatic N) is 3. The van der Waals surface area contributed by atoms with Crippen molar-refractivity contribution in [2.24, 2.45) is 0 Å². The Morgan fingerprint density at radius 1 is 1.05 bits per heavy atom. The molecule has 2 aromatic rings. The first-order valence-electron chi connectivity index (χ1n) is 6.79. The fourth-order valence-electron chi connectivity index (χ4n) is 2.14. The summed E-state index contributed by atoms with van der Waals surface area (Å²) in [5.74, 6) is 0.306. The van der Waals surface area contributed by atoms with Gasteiger partial charge < -0.3 is 5.73 Å². The molecule has 102 valence electrons. The van der Waals surface area contributed by atoms with Gasteiger partial charge in [-0.05, 0) is 25.0 Å². The summed E-state index contributed by atoms with van der Waals surface area (Å²) in [4.78, 5) is 12.8. The number of fused-ring (bicyclic) bond motifs is 1. The number of rotatable bonds is 6. The largest absolute Gasteiger partial charge is 0.368 e. The number of nitrogens with two attached hydrogens (primary N) is 1. The second-order valence-corrected chi connectivity index (χ2v) is 5.08. The molecule has 0 aromatic carbocycles. The van der Waals surface area contributed by atoms with E-state index in [1.807, 2.05) is 6.07 Å². The zero-order chi connectivity index (χ0) is 13.7. The molecule has 0 radical (unpaired) electrons. The van der Waals surface area contributed by atoms with Crippen LogP contribution in [-0.2, 0) is 6.42 Å². The Labute approximate surface area is 118 Å². The van der Waals surface area contributed by atoms with Crippen molar-refractivity contribution in [3.8, 4) is 0 Å². The number of hydrogen-bond acceptors (Lipinski definition) is 4. The van der Waals surface area contributed by atoms with Gasteiger partial charge in [-0.2, -0.15) is 0 Å². The Balaban J connectivity index is 2.14. The first-order valence-corrected chi connectivity index (χ1v) is 7.17. The van der Waals surface area contributed by atoms with Gasteiger partial charge in [0.1, 0.15) is 10.7 Å². The molecule has 5 heteroatoms. The van der Waals surface area contributed by atoms with Crippen molar-refractivity contribution in [2.45, 2.75) is 45.4 Å². The number of aromatic nitrogens is 3. The Hall–Kier alpha value is -1.42. The highest BCUT2D eigenvalue weighted by molar-refractivity contribution is 6.29. The predicted molar refractivity (Wildman–Crippen MR) is 79.2 cm³/mol. The molecule has 0 saturated carbocycles. The lowest BCUT2D eigenvalue weighted by molar-refractivity contribution is 0.629. The van der Waals surface area contributed by atoms with E-state index >= 15 is 0 Å². The van der Waals surface area contributed by atoms with Crippen LogP contribution < -0.4 is 5.73 Å². The molecule has 0 bridgehead atoms. The minimum atomic E-state index is 0.306. The van der Waals surface area contributed by atoms with Crippen molar-refractivity contribution in [1.82, 2.24) is 15.0 Å². The van der Waals surface area contributed by atoms with Crippen LogP contribution in [0.4, 0.5) is 5.95 Å². The van der Waals surface area contributed by atoms with E-state index in [4.69, 9.17) is 17.3 Å². The highest BCUT2D eigenvalue weighted by atomic mass is 35.5. The second kappa shape index (κ2) is 6.66. The normalized spacial score (nSPS) is 11.1. The van der Waals surface area contributed by atoms with Gasteiger partial charge in [-0.3, -0.25) is 0 Å². The van der Waals surface area contributed by atoms with E-state index in [-0.39, 0.29) is 0 Å². The van der Waals surface area contributed by atoms with Crippen LogP contribution in [-0.4, -0.2) is 15.0 Å². The number of pyridine rings is 1. The van der Waals surface area contributed by atoms with Crippen molar-refractivity contribution in [2.75, 3.05) is 5.73 Å². The van der Waals surface area contributed by atoms with Crippen LogP contribution in [0.1, 0.15) is 44.7 Å². The minimum Gasteiger partial charge on any atom is -0.368 e. The molecule has 0 aliphatic carbocycles. The van der Waals surface area contributed by atoms with Gasteiger partial charge in [-0.15, -0.1) is 0 Å². The summed E-state index contributed by atoms with van der Waals surface area (Å²) < 4.78 is 0. The average molecular weight is 279 g/mol. The lowest BCUT2D eigenvalue weighted by atomic mass is 10.1. The summed E-state index contributed by atoms with van der Waals surface area (Å²) in [6, 6.07) is 3.56. The van der Waals surface area contributed by atoms with Crippen molar-refractivity contribution in [3.05, 3.63) is 23.0 Å². The fourth-order valence-corrected chi connectivity index (χ4v) is 2.29. The quantitative estimate of drug-likeness (QED) is 0.645. The third-order valence-electron chi connectivity index (χ3n) is 3.11. The molecule has 0 atom stereocenters. The van der Waals surface area contributed by atoms with E-state index in [0.29, 0.717) is 11.1 Å². The molecule has 0 unspecified atom stereocenters. The molecule has 19 heavy (non-hydrogen) atoms. The topological polar surface area (TPSA) is 64.7 Å². The highest BCUT2D eigenvalue weighted by Crippen LogP contribution is 2.19. The predicted octanol–water partition coefficient (Wildman–Crippen LogP) is 3.77. The van der Waals surface area contributed by atoms with Gasteiger partial charge in [0.25, 0.3) is 0 Å². The van der Waals surface area contributed by atoms with E-state index in [1.165, 1.54) is 25.7 Å². The van der Waals surface area contributed by atoms with Crippen molar-refractivity contribution in [3.63, 3.8) is 0 Å². The van der Waals surface area contributed by atoms with Crippen LogP contribution in [0.5, 0.6) is 0 Å². The monoisotopic (exact) mass is 278 g/mol. The lowest BCUT2D eigenvalue weighted by Gasteiger charge is -2.06. The third kappa shape index (κ3) is 3.77. The average Bonchev–Trinajstić information content (AvgIpc) is 2.39. The van der Waals surface area contributed by atoms with Crippen LogP contribution in [0.3, 0.4) is 0 Å². The first kappa shape index (κ1) is 14.0. The van der Waals surface area contributed by atoms with Crippen molar-refractivity contribution < 1.29 is 0 Å². The molecule has 2 aromatic heterocycles. The SMILES string of the molecule is CCCCCCCc1nc(N)nc2ccc(Cl)nc12. The zero-order valence-corrected chi connectivity index (χ0v) is 12.0. The maximum absolute atomic E-state index is 5.94. The maximum atomic E-state index is 5.94. The summed E-state index contributed by atoms with van der Waals surface area (Å²) in [6.45, 7) is 2.21. The summed E-state index contributed by atoms with van der Waals surface area (Å²) >= 11 is 5.94. The van der Waals surface area contributed by atoms with E-state index in [9.17, 15) is 0 Å². The van der Waals surface area contributed by atoms with E-state index in [2.05, 4.69) is 21.9 Å². The van der Waals surface area contributed by atoms with Crippen LogP contribution in [0.25, 0.3) is 11.0 Å². The Morgan fingerprint density at radius 3 is 2.63 bits per heavy atom. The molecule has 2 heterocycles. The summed E-state index contributed by atoms with van der Waals surface area (Å²) in [6.07, 6.45) is 6.99. The zero-order valence-electron chi connectivity index (χ0n) is 11.2. The molecule has 4 nitrogen and oxygen atoms in total. The second-order valence-electron chi connectivity index (χ2n) is 4.69. The number of unbranched alkanes of at least 4 members (excludes halogenated alkanes) is 4. The number of anilines is 1. The number of aryl methyl sites for hydroxylation is 1. The van der Waals surface area contributed by atoms with Gasteiger partial charge in [0, 0.05) is 0 Å². The number of hydrogen-bond donors (Lipinski definition) is 1. The summed E-state index contributed by atoms with van der Waals surface area (Å²) in [5.41, 5.74) is 8.18. The molecule has 0 aliphatic heterocycles. The molecule has 2 rings (SSSR count). The van der Waals surface area contributed by atoms with Crippen molar-refractivity contribution in [1.29, 1.82) is 0 Å². The van der Waals surface area contributed by atoms with Gasteiger partial charge >= 0.3 is 0 Å². The van der Waals surface area contributed by atoms with Crippen LogP contribution in [0, 0.1) is 0 Å². The Morgan fingerprint density at radius 2 is 1.84 bits per heavy atom. The molecule has 0 aliphatic rings. The van der Waals surface area contributed by atoms with Gasteiger partial charge in [0.15, 0.2) is 0 Å². The summed E-state index contributed by atoms with van der Waals surface area (Å²) in [5, 5.41) is 0.466. The Kier molecular flexibility index (Phi) is 4.91. The number of halogens is 1. The molecule has 0 spiro atoms. The smallest absolute Gasteiger partial charge is 0.220 e. The van der Waals surface area contributed by atoms with E-state index in [0.717, 1.165) is 29.6 Å². The first-order chi connectivity index (χ1) is 9.20. The molecular weight excluding hydrogens is 260 g/mol. The molecule has 0 saturated heterocycles. The van der Waals surface area contributed by atoms with E-state index in [1.54, 1.807) is 6.07 Å².